The Morgan fingerprint density at radius 2 is 0.650 bits per heavy atom. The summed E-state index contributed by atoms with van der Waals surface area (Å²) in [4.78, 5) is 5.58. The second-order valence-corrected chi connectivity index (χ2v) is 32.4. The monoisotopic (exact) mass is 1050 g/mol. The highest BCUT2D eigenvalue weighted by atomic mass is 15.2. The Kier molecular flexibility index (Phi) is 10.6. The average Bonchev–Trinajstić information content (AvgIpc) is 1.26. The number of benzene rings is 7. The summed E-state index contributed by atoms with van der Waals surface area (Å²) in [5, 5.41) is 0. The van der Waals surface area contributed by atoms with Gasteiger partial charge in [0.25, 0.3) is 6.71 Å². The van der Waals surface area contributed by atoms with E-state index in [1.165, 1.54) is 180 Å². The number of anilines is 6. The van der Waals surface area contributed by atoms with Gasteiger partial charge in [0.15, 0.2) is 0 Å². The molecular formula is C77H89BN2. The molecular weight excluding hydrogens is 964 g/mol. The minimum atomic E-state index is -0.127. The highest BCUT2D eigenvalue weighted by Crippen LogP contribution is 2.58. The normalized spacial score (nSPS) is 22.3. The Hall–Kier alpha value is -5.80. The molecule has 0 fully saturated rings. The van der Waals surface area contributed by atoms with Crippen LogP contribution in [0.4, 0.5) is 34.1 Å². The number of fused-ring (bicyclic) bond motifs is 11. The molecule has 3 heteroatoms. The van der Waals surface area contributed by atoms with E-state index in [1.54, 1.807) is 0 Å². The lowest BCUT2D eigenvalue weighted by Gasteiger charge is -2.49. The quantitative estimate of drug-likeness (QED) is 0.163. The zero-order valence-corrected chi connectivity index (χ0v) is 52.1. The van der Waals surface area contributed by atoms with Gasteiger partial charge in [-0.05, 0) is 237 Å². The minimum absolute atomic E-state index is 0.00554. The van der Waals surface area contributed by atoms with Crippen LogP contribution in [0.2, 0.25) is 0 Å². The number of hydrogen-bond acceptors (Lipinski definition) is 2. The topological polar surface area (TPSA) is 6.48 Å². The fraction of sp³-hybridized carbons (Fsp3) is 0.455. The van der Waals surface area contributed by atoms with Gasteiger partial charge in [0.05, 0.1) is 0 Å². The van der Waals surface area contributed by atoms with Gasteiger partial charge in [0.2, 0.25) is 0 Å². The van der Waals surface area contributed by atoms with Crippen LogP contribution >= 0.6 is 0 Å². The molecule has 80 heavy (non-hydrogen) atoms. The lowest BCUT2D eigenvalue weighted by Crippen LogP contribution is -2.62. The van der Waals surface area contributed by atoms with Gasteiger partial charge in [-0.2, -0.15) is 0 Å². The standard InChI is InChI=1S/C77H89BN2/c1-69(2)30-32-71(5,6)55-40-47(26-28-52(55)69)79-63-44-59-57(73(9,10)34-36-75(59,13)14)42-61(63)78-62-43-58-60(76(15,16)37-35-74(58,11)12)45-64(62)80(48-27-29-53-56(41-48)72(7,8)33-31-70(53,3)4)66-39-46(38-65(79)68(66)78)49-23-21-25-54-67(49)50-22-19-20-24-51(50)77(54,17)18/h19-29,38-45H,30-37H2,1-18H3. The molecule has 2 aliphatic heterocycles. The van der Waals surface area contributed by atoms with Crippen LogP contribution in [0.1, 0.15) is 232 Å². The van der Waals surface area contributed by atoms with Gasteiger partial charge in [-0.3, -0.25) is 0 Å². The van der Waals surface area contributed by atoms with Gasteiger partial charge >= 0.3 is 0 Å². The molecule has 7 aromatic rings. The summed E-state index contributed by atoms with van der Waals surface area (Å²) in [5.41, 5.74) is 32.8. The maximum atomic E-state index is 2.79. The molecule has 7 aromatic carbocycles. The summed E-state index contributed by atoms with van der Waals surface area (Å²) in [5.74, 6) is 0. The Balaban J connectivity index is 1.16. The van der Waals surface area contributed by atoms with Crippen LogP contribution in [0.5, 0.6) is 0 Å². The molecule has 0 atom stereocenters. The predicted molar refractivity (Wildman–Crippen MR) is 345 cm³/mol. The van der Waals surface area contributed by atoms with Crippen LogP contribution in [-0.2, 0) is 48.7 Å². The fourth-order valence-corrected chi connectivity index (χ4v) is 17.3. The molecule has 14 rings (SSSR count). The van der Waals surface area contributed by atoms with E-state index in [4.69, 9.17) is 0 Å². The van der Waals surface area contributed by atoms with Crippen LogP contribution in [0.25, 0.3) is 22.3 Å². The lowest BCUT2D eigenvalue weighted by molar-refractivity contribution is 0.332. The first-order valence-electron chi connectivity index (χ1n) is 31.0. The van der Waals surface area contributed by atoms with Gasteiger partial charge < -0.3 is 9.80 Å². The highest BCUT2D eigenvalue weighted by molar-refractivity contribution is 7.00. The molecule has 410 valence electrons. The van der Waals surface area contributed by atoms with Crippen molar-refractivity contribution in [1.29, 1.82) is 0 Å². The van der Waals surface area contributed by atoms with Crippen molar-refractivity contribution in [2.24, 2.45) is 0 Å². The molecule has 0 bridgehead atoms. The van der Waals surface area contributed by atoms with Crippen molar-refractivity contribution >= 4 is 57.2 Å². The van der Waals surface area contributed by atoms with Crippen molar-refractivity contribution in [2.75, 3.05) is 9.80 Å². The number of nitrogens with zero attached hydrogens (tertiary/aromatic N) is 2. The van der Waals surface area contributed by atoms with Crippen molar-refractivity contribution in [3.05, 3.63) is 171 Å². The molecule has 0 amide bonds. The molecule has 0 radical (unpaired) electrons. The van der Waals surface area contributed by atoms with Gasteiger partial charge in [-0.15, -0.1) is 0 Å². The second kappa shape index (κ2) is 16.3. The zero-order chi connectivity index (χ0) is 56.6. The van der Waals surface area contributed by atoms with Crippen molar-refractivity contribution < 1.29 is 0 Å². The van der Waals surface area contributed by atoms with Crippen LogP contribution in [0, 0.1) is 0 Å². The van der Waals surface area contributed by atoms with E-state index in [0.29, 0.717) is 0 Å². The molecule has 5 aliphatic carbocycles. The van der Waals surface area contributed by atoms with E-state index < -0.39 is 0 Å². The Morgan fingerprint density at radius 3 is 1.07 bits per heavy atom. The fourth-order valence-electron chi connectivity index (χ4n) is 17.3. The first-order chi connectivity index (χ1) is 37.3. The van der Waals surface area contributed by atoms with E-state index >= 15 is 0 Å². The third kappa shape index (κ3) is 7.22. The lowest BCUT2D eigenvalue weighted by atomic mass is 9.32. The molecule has 0 saturated heterocycles. The SMILES string of the molecule is CC1(C)CCC(C)(C)c2cc(N3c4cc5c(cc4B4c6cc7c(cc6N(c6ccc8c(c6)C(C)(C)CCC8(C)C)c6cc(-c8cccc9c8-c8ccccc8C9(C)C)cc3c64)C(C)(C)CCC7(C)C)C(C)(C)CCC5(C)C)ccc21. The minimum Gasteiger partial charge on any atom is -0.311 e. The summed E-state index contributed by atoms with van der Waals surface area (Å²) in [6.45, 7) is 45.0. The average molecular weight is 1050 g/mol. The van der Waals surface area contributed by atoms with Gasteiger partial charge in [-0.25, -0.2) is 0 Å². The second-order valence-electron chi connectivity index (χ2n) is 32.4. The van der Waals surface area contributed by atoms with Crippen LogP contribution in [0.15, 0.2) is 115 Å². The van der Waals surface area contributed by atoms with E-state index in [2.05, 4.69) is 250 Å². The molecule has 0 saturated carbocycles. The summed E-state index contributed by atoms with van der Waals surface area (Å²) in [6.07, 6.45) is 9.42. The molecule has 0 spiro atoms. The van der Waals surface area contributed by atoms with Crippen molar-refractivity contribution in [1.82, 2.24) is 0 Å². The van der Waals surface area contributed by atoms with E-state index in [0.717, 1.165) is 0 Å². The molecule has 0 unspecified atom stereocenters. The molecule has 0 N–H and O–H groups in total. The number of hydrogen-bond donors (Lipinski definition) is 0. The van der Waals surface area contributed by atoms with E-state index in [9.17, 15) is 0 Å². The Labute approximate surface area is 482 Å². The van der Waals surface area contributed by atoms with E-state index in [-0.39, 0.29) is 55.4 Å². The van der Waals surface area contributed by atoms with E-state index in [1.807, 2.05) is 0 Å². The zero-order valence-electron chi connectivity index (χ0n) is 52.1. The van der Waals surface area contributed by atoms with Crippen molar-refractivity contribution in [2.45, 2.75) is 225 Å². The van der Waals surface area contributed by atoms with Gasteiger partial charge in [0, 0.05) is 39.5 Å². The summed E-state index contributed by atoms with van der Waals surface area (Å²) >= 11 is 0. The molecule has 2 heterocycles. The summed E-state index contributed by atoms with van der Waals surface area (Å²) < 4.78 is 0. The van der Waals surface area contributed by atoms with Gasteiger partial charge in [-0.1, -0.05) is 191 Å². The van der Waals surface area contributed by atoms with Crippen LogP contribution < -0.4 is 26.2 Å². The maximum absolute atomic E-state index is 2.79. The Morgan fingerprint density at radius 1 is 0.300 bits per heavy atom. The predicted octanol–water partition coefficient (Wildman–Crippen LogP) is 19.1. The third-order valence-electron chi connectivity index (χ3n) is 23.1. The number of rotatable bonds is 3. The van der Waals surface area contributed by atoms with Crippen LogP contribution in [-0.4, -0.2) is 6.71 Å². The molecule has 0 aromatic heterocycles. The first-order valence-corrected chi connectivity index (χ1v) is 31.0. The third-order valence-corrected chi connectivity index (χ3v) is 23.1. The first kappa shape index (κ1) is 52.3. The van der Waals surface area contributed by atoms with Crippen molar-refractivity contribution in [3.8, 4) is 22.3 Å². The molecule has 7 aliphatic rings. The maximum Gasteiger partial charge on any atom is 0.252 e. The summed E-state index contributed by atoms with van der Waals surface area (Å²) in [6, 6.07) is 48.2. The van der Waals surface area contributed by atoms with Gasteiger partial charge in [0.1, 0.15) is 0 Å². The molecule has 2 nitrogen and oxygen atoms in total. The van der Waals surface area contributed by atoms with Crippen molar-refractivity contribution in [3.63, 3.8) is 0 Å². The Bertz CT molecular complexity index is 3650. The summed E-state index contributed by atoms with van der Waals surface area (Å²) in [7, 11) is 0. The smallest absolute Gasteiger partial charge is 0.252 e. The highest BCUT2D eigenvalue weighted by Gasteiger charge is 2.50. The largest absolute Gasteiger partial charge is 0.311 e. The van der Waals surface area contributed by atoms with Crippen LogP contribution in [0.3, 0.4) is 0 Å².